The minimum absolute atomic E-state index is 0.969. The van der Waals surface area contributed by atoms with Gasteiger partial charge in [0.2, 0.25) is 0 Å². The van der Waals surface area contributed by atoms with E-state index in [2.05, 4.69) is 28.4 Å². The van der Waals surface area contributed by atoms with E-state index >= 15 is 0 Å². The summed E-state index contributed by atoms with van der Waals surface area (Å²) in [5.41, 5.74) is 4.69. The van der Waals surface area contributed by atoms with Crippen LogP contribution in [0.5, 0.6) is 0 Å². The van der Waals surface area contributed by atoms with Crippen molar-refractivity contribution in [3.05, 3.63) is 29.3 Å². The molecule has 1 saturated carbocycles. The van der Waals surface area contributed by atoms with Crippen molar-refractivity contribution < 1.29 is 0 Å². The molecular formula is C16H24N2. The lowest BCUT2D eigenvalue weighted by Gasteiger charge is -2.31. The third-order valence-electron chi connectivity index (χ3n) is 4.57. The van der Waals surface area contributed by atoms with E-state index in [0.29, 0.717) is 0 Å². The zero-order valence-electron chi connectivity index (χ0n) is 11.4. The van der Waals surface area contributed by atoms with E-state index in [4.69, 9.17) is 0 Å². The van der Waals surface area contributed by atoms with Crippen molar-refractivity contribution in [2.75, 3.05) is 31.6 Å². The first-order chi connectivity index (χ1) is 8.88. The molecule has 1 N–H and O–H groups in total. The van der Waals surface area contributed by atoms with Crippen LogP contribution in [0, 0.1) is 5.92 Å². The summed E-state index contributed by atoms with van der Waals surface area (Å²) >= 11 is 0. The normalized spacial score (nSPS) is 18.8. The molecule has 1 fully saturated rings. The lowest BCUT2D eigenvalue weighted by molar-refractivity contribution is 0.319. The van der Waals surface area contributed by atoms with Crippen molar-refractivity contribution in [3.63, 3.8) is 0 Å². The lowest BCUT2D eigenvalue weighted by Crippen LogP contribution is -2.31. The molecule has 1 aromatic rings. The van der Waals surface area contributed by atoms with Gasteiger partial charge in [-0.05, 0) is 62.4 Å². The predicted molar refractivity (Wildman–Crippen MR) is 77.3 cm³/mol. The summed E-state index contributed by atoms with van der Waals surface area (Å²) in [7, 11) is 2.03. The van der Waals surface area contributed by atoms with E-state index in [1.807, 2.05) is 7.05 Å². The molecule has 0 amide bonds. The molecule has 1 aliphatic carbocycles. The van der Waals surface area contributed by atoms with Gasteiger partial charge >= 0.3 is 0 Å². The molecule has 1 aliphatic heterocycles. The van der Waals surface area contributed by atoms with Crippen molar-refractivity contribution >= 4 is 5.69 Å². The van der Waals surface area contributed by atoms with Gasteiger partial charge in [-0.15, -0.1) is 0 Å². The van der Waals surface area contributed by atoms with E-state index in [-0.39, 0.29) is 0 Å². The maximum absolute atomic E-state index is 3.26. The van der Waals surface area contributed by atoms with Crippen molar-refractivity contribution in [2.45, 2.75) is 32.1 Å². The highest BCUT2D eigenvalue weighted by Crippen LogP contribution is 2.35. The molecule has 2 heteroatoms. The van der Waals surface area contributed by atoms with Crippen LogP contribution in [0.3, 0.4) is 0 Å². The Hall–Kier alpha value is -1.02. The monoisotopic (exact) mass is 244 g/mol. The minimum atomic E-state index is 0.969. The molecule has 1 aromatic carbocycles. The molecule has 98 valence electrons. The standard InChI is InChI=1S/C16H24N2/c1-17-10-8-14-6-3-7-16-15(14)9-11-18(16)12-13-4-2-5-13/h3,6-7,13,17H,2,4-5,8-12H2,1H3. The second-order valence-corrected chi connectivity index (χ2v) is 5.76. The average molecular weight is 244 g/mol. The number of hydrogen-bond donors (Lipinski definition) is 1. The van der Waals surface area contributed by atoms with Crippen molar-refractivity contribution in [1.29, 1.82) is 0 Å². The van der Waals surface area contributed by atoms with Crippen LogP contribution < -0.4 is 10.2 Å². The summed E-state index contributed by atoms with van der Waals surface area (Å²) in [4.78, 5) is 2.63. The van der Waals surface area contributed by atoms with E-state index in [0.717, 1.165) is 18.9 Å². The third-order valence-corrected chi connectivity index (χ3v) is 4.57. The molecule has 1 heterocycles. The van der Waals surface area contributed by atoms with E-state index < -0.39 is 0 Å². The van der Waals surface area contributed by atoms with Crippen LogP contribution in [0.25, 0.3) is 0 Å². The number of likely N-dealkylation sites (N-methyl/N-ethyl adjacent to an activating group) is 1. The molecule has 0 saturated heterocycles. The van der Waals surface area contributed by atoms with Gasteiger partial charge in [0.25, 0.3) is 0 Å². The van der Waals surface area contributed by atoms with Crippen molar-refractivity contribution in [2.24, 2.45) is 5.92 Å². The number of benzene rings is 1. The van der Waals surface area contributed by atoms with Crippen LogP contribution in [0.1, 0.15) is 30.4 Å². The van der Waals surface area contributed by atoms with E-state index in [1.165, 1.54) is 44.5 Å². The molecule has 2 aliphatic rings. The van der Waals surface area contributed by atoms with Gasteiger partial charge in [0, 0.05) is 18.8 Å². The Morgan fingerprint density at radius 1 is 1.33 bits per heavy atom. The molecule has 0 atom stereocenters. The van der Waals surface area contributed by atoms with Crippen LogP contribution >= 0.6 is 0 Å². The van der Waals surface area contributed by atoms with E-state index in [9.17, 15) is 0 Å². The summed E-state index contributed by atoms with van der Waals surface area (Å²) in [6.07, 6.45) is 6.77. The molecule has 18 heavy (non-hydrogen) atoms. The Labute approximate surface area is 110 Å². The highest BCUT2D eigenvalue weighted by Gasteiger charge is 2.26. The number of nitrogens with zero attached hydrogens (tertiary/aromatic N) is 1. The first kappa shape index (κ1) is 12.0. The molecule has 0 radical (unpaired) electrons. The van der Waals surface area contributed by atoms with Crippen LogP contribution in [0.2, 0.25) is 0 Å². The number of fused-ring (bicyclic) bond motifs is 1. The average Bonchev–Trinajstić information content (AvgIpc) is 2.75. The number of hydrogen-bond acceptors (Lipinski definition) is 2. The van der Waals surface area contributed by atoms with Gasteiger partial charge in [-0.25, -0.2) is 0 Å². The Kier molecular flexibility index (Phi) is 3.55. The quantitative estimate of drug-likeness (QED) is 0.856. The Balaban J connectivity index is 1.74. The molecule has 0 aromatic heterocycles. The zero-order chi connectivity index (χ0) is 12.4. The van der Waals surface area contributed by atoms with Gasteiger partial charge in [-0.1, -0.05) is 18.6 Å². The van der Waals surface area contributed by atoms with Crippen LogP contribution in [0.15, 0.2) is 18.2 Å². The van der Waals surface area contributed by atoms with Crippen LogP contribution in [0.4, 0.5) is 5.69 Å². The second-order valence-electron chi connectivity index (χ2n) is 5.76. The molecule has 0 unspecified atom stereocenters. The summed E-state index contributed by atoms with van der Waals surface area (Å²) in [6.45, 7) is 3.62. The maximum atomic E-state index is 3.26. The SMILES string of the molecule is CNCCc1cccc2c1CCN2CC1CCC1. The Morgan fingerprint density at radius 3 is 2.94 bits per heavy atom. The van der Waals surface area contributed by atoms with Gasteiger partial charge in [0.15, 0.2) is 0 Å². The van der Waals surface area contributed by atoms with Crippen LogP contribution in [-0.4, -0.2) is 26.7 Å². The molecule has 0 spiro atoms. The predicted octanol–water partition coefficient (Wildman–Crippen LogP) is 2.61. The van der Waals surface area contributed by atoms with Crippen molar-refractivity contribution in [1.82, 2.24) is 5.32 Å². The fraction of sp³-hybridized carbons (Fsp3) is 0.625. The molecular weight excluding hydrogens is 220 g/mol. The van der Waals surface area contributed by atoms with Gasteiger partial charge < -0.3 is 10.2 Å². The Morgan fingerprint density at radius 2 is 2.22 bits per heavy atom. The van der Waals surface area contributed by atoms with Gasteiger partial charge in [-0.2, -0.15) is 0 Å². The van der Waals surface area contributed by atoms with Crippen LogP contribution in [-0.2, 0) is 12.8 Å². The summed E-state index contributed by atoms with van der Waals surface area (Å²) in [5.74, 6) is 0.969. The Bertz CT molecular complexity index is 410. The number of rotatable bonds is 5. The summed E-state index contributed by atoms with van der Waals surface area (Å²) in [5, 5.41) is 3.26. The largest absolute Gasteiger partial charge is 0.371 e. The minimum Gasteiger partial charge on any atom is -0.371 e. The fourth-order valence-electron chi connectivity index (χ4n) is 3.24. The topological polar surface area (TPSA) is 15.3 Å². The van der Waals surface area contributed by atoms with E-state index in [1.54, 1.807) is 11.1 Å². The van der Waals surface area contributed by atoms with Gasteiger partial charge in [-0.3, -0.25) is 0 Å². The highest BCUT2D eigenvalue weighted by molar-refractivity contribution is 5.61. The number of nitrogens with one attached hydrogen (secondary N) is 1. The summed E-state index contributed by atoms with van der Waals surface area (Å²) in [6, 6.07) is 6.87. The smallest absolute Gasteiger partial charge is 0.0402 e. The third kappa shape index (κ3) is 2.26. The molecule has 0 bridgehead atoms. The first-order valence-electron chi connectivity index (χ1n) is 7.39. The fourth-order valence-corrected chi connectivity index (χ4v) is 3.24. The first-order valence-corrected chi connectivity index (χ1v) is 7.39. The van der Waals surface area contributed by atoms with Gasteiger partial charge in [0.05, 0.1) is 0 Å². The zero-order valence-corrected chi connectivity index (χ0v) is 11.4. The number of anilines is 1. The highest BCUT2D eigenvalue weighted by atomic mass is 15.1. The second kappa shape index (κ2) is 5.31. The summed E-state index contributed by atoms with van der Waals surface area (Å²) < 4.78 is 0. The van der Waals surface area contributed by atoms with Crippen molar-refractivity contribution in [3.8, 4) is 0 Å². The molecule has 3 rings (SSSR count). The molecule has 2 nitrogen and oxygen atoms in total. The maximum Gasteiger partial charge on any atom is 0.0402 e. The van der Waals surface area contributed by atoms with Gasteiger partial charge in [0.1, 0.15) is 0 Å². The lowest BCUT2D eigenvalue weighted by atomic mass is 9.85.